The molecule has 1 atom stereocenters. The molecule has 7 nitrogen and oxygen atoms in total. The third-order valence-electron chi connectivity index (χ3n) is 4.62. The van der Waals surface area contributed by atoms with E-state index in [0.717, 1.165) is 18.4 Å². The highest BCUT2D eigenvalue weighted by atomic mass is 16.5. The number of ether oxygens (including phenoxy) is 1. The summed E-state index contributed by atoms with van der Waals surface area (Å²) in [6.45, 7) is 1.49. The zero-order valence-corrected chi connectivity index (χ0v) is 16.2. The first-order valence-electron chi connectivity index (χ1n) is 9.56. The molecular weight excluding hydrogens is 372 g/mol. The highest BCUT2D eigenvalue weighted by molar-refractivity contribution is 5.94. The molecule has 0 spiro atoms. The van der Waals surface area contributed by atoms with Crippen LogP contribution in [0.15, 0.2) is 48.5 Å². The van der Waals surface area contributed by atoms with Crippen molar-refractivity contribution in [2.24, 2.45) is 11.8 Å². The Bertz CT molecular complexity index is 890. The standard InChI is InChI=1S/C22H24N2O5/c1-14(22(27)28)11-15-5-9-17(10-6-15)23-20(25)13-29-19-4-2-3-18(12-19)24-21(26)16-7-8-16/h2-6,9-10,12,14,16H,7-8,11,13H2,1H3,(H,23,25)(H,24,26)(H,27,28). The van der Waals surface area contributed by atoms with E-state index in [9.17, 15) is 14.4 Å². The van der Waals surface area contributed by atoms with Gasteiger partial charge in [0.1, 0.15) is 5.75 Å². The van der Waals surface area contributed by atoms with Crippen molar-refractivity contribution in [3.63, 3.8) is 0 Å². The van der Waals surface area contributed by atoms with E-state index in [0.29, 0.717) is 23.5 Å². The van der Waals surface area contributed by atoms with Crippen molar-refractivity contribution in [2.75, 3.05) is 17.2 Å². The molecule has 152 valence electrons. The SMILES string of the molecule is CC(Cc1ccc(NC(=O)COc2cccc(NC(=O)C3CC3)c2)cc1)C(=O)O. The minimum absolute atomic E-state index is 0.0149. The molecule has 0 radical (unpaired) electrons. The predicted octanol–water partition coefficient (Wildman–Crippen LogP) is 3.32. The summed E-state index contributed by atoms with van der Waals surface area (Å²) in [7, 11) is 0. The van der Waals surface area contributed by atoms with Crippen molar-refractivity contribution in [1.82, 2.24) is 0 Å². The normalized spacial score (nSPS) is 14.0. The van der Waals surface area contributed by atoms with Gasteiger partial charge in [0.25, 0.3) is 5.91 Å². The molecule has 7 heteroatoms. The van der Waals surface area contributed by atoms with Gasteiger partial charge in [-0.2, -0.15) is 0 Å². The van der Waals surface area contributed by atoms with Gasteiger partial charge in [0.05, 0.1) is 5.92 Å². The molecule has 1 aliphatic rings. The number of carboxylic acid groups (broad SMARTS) is 1. The lowest BCUT2D eigenvalue weighted by Crippen LogP contribution is -2.20. The molecule has 0 saturated heterocycles. The molecule has 2 aromatic carbocycles. The van der Waals surface area contributed by atoms with Crippen LogP contribution in [0.3, 0.4) is 0 Å². The largest absolute Gasteiger partial charge is 0.484 e. The topological polar surface area (TPSA) is 105 Å². The molecule has 1 aliphatic carbocycles. The monoisotopic (exact) mass is 396 g/mol. The fourth-order valence-corrected chi connectivity index (χ4v) is 2.76. The highest BCUT2D eigenvalue weighted by Crippen LogP contribution is 2.30. The number of carbonyl (C=O) groups is 3. The number of carbonyl (C=O) groups excluding carboxylic acids is 2. The fraction of sp³-hybridized carbons (Fsp3) is 0.318. The van der Waals surface area contributed by atoms with Gasteiger partial charge in [-0.1, -0.05) is 25.1 Å². The van der Waals surface area contributed by atoms with Crippen LogP contribution in [-0.4, -0.2) is 29.5 Å². The number of hydrogen-bond acceptors (Lipinski definition) is 4. The summed E-state index contributed by atoms with van der Waals surface area (Å²) in [6, 6.07) is 14.0. The van der Waals surface area contributed by atoms with Gasteiger partial charge in [0, 0.05) is 23.4 Å². The van der Waals surface area contributed by atoms with Crippen LogP contribution in [0.2, 0.25) is 0 Å². The molecule has 3 rings (SSSR count). The number of rotatable bonds is 9. The van der Waals surface area contributed by atoms with Gasteiger partial charge in [-0.05, 0) is 49.1 Å². The smallest absolute Gasteiger partial charge is 0.306 e. The maximum absolute atomic E-state index is 12.1. The van der Waals surface area contributed by atoms with Crippen molar-refractivity contribution < 1.29 is 24.2 Å². The number of carboxylic acids is 1. The molecule has 1 fully saturated rings. The van der Waals surface area contributed by atoms with Crippen molar-refractivity contribution in [3.05, 3.63) is 54.1 Å². The second kappa shape index (κ2) is 9.23. The summed E-state index contributed by atoms with van der Waals surface area (Å²) in [6.07, 6.45) is 2.30. The Morgan fingerprint density at radius 3 is 2.45 bits per heavy atom. The third kappa shape index (κ3) is 6.34. The third-order valence-corrected chi connectivity index (χ3v) is 4.62. The molecule has 0 bridgehead atoms. The Morgan fingerprint density at radius 1 is 1.07 bits per heavy atom. The summed E-state index contributed by atoms with van der Waals surface area (Å²) < 4.78 is 5.51. The first-order chi connectivity index (χ1) is 13.9. The molecule has 2 aromatic rings. The maximum atomic E-state index is 12.1. The fourth-order valence-electron chi connectivity index (χ4n) is 2.76. The summed E-state index contributed by atoms with van der Waals surface area (Å²) in [4.78, 5) is 34.9. The quantitative estimate of drug-likeness (QED) is 0.603. The van der Waals surface area contributed by atoms with Gasteiger partial charge in [-0.3, -0.25) is 14.4 Å². The average molecular weight is 396 g/mol. The van der Waals surface area contributed by atoms with Crippen molar-refractivity contribution in [3.8, 4) is 5.75 Å². The second-order valence-corrected chi connectivity index (χ2v) is 7.27. The van der Waals surface area contributed by atoms with Gasteiger partial charge in [0.2, 0.25) is 5.91 Å². The van der Waals surface area contributed by atoms with E-state index in [4.69, 9.17) is 9.84 Å². The Balaban J connectivity index is 1.47. The van der Waals surface area contributed by atoms with Crippen LogP contribution in [0.25, 0.3) is 0 Å². The van der Waals surface area contributed by atoms with Crippen LogP contribution in [0, 0.1) is 11.8 Å². The molecule has 29 heavy (non-hydrogen) atoms. The second-order valence-electron chi connectivity index (χ2n) is 7.27. The van der Waals surface area contributed by atoms with Gasteiger partial charge >= 0.3 is 5.97 Å². The van der Waals surface area contributed by atoms with E-state index in [-0.39, 0.29) is 24.3 Å². The van der Waals surface area contributed by atoms with Crippen molar-refractivity contribution in [2.45, 2.75) is 26.2 Å². The van der Waals surface area contributed by atoms with Crippen LogP contribution in [0.1, 0.15) is 25.3 Å². The van der Waals surface area contributed by atoms with Crippen LogP contribution < -0.4 is 15.4 Å². The Kier molecular flexibility index (Phi) is 6.49. The minimum Gasteiger partial charge on any atom is -0.484 e. The van der Waals surface area contributed by atoms with Gasteiger partial charge in [0.15, 0.2) is 6.61 Å². The predicted molar refractivity (Wildman–Crippen MR) is 109 cm³/mol. The van der Waals surface area contributed by atoms with Gasteiger partial charge < -0.3 is 20.5 Å². The van der Waals surface area contributed by atoms with Gasteiger partial charge in [-0.15, -0.1) is 0 Å². The lowest BCUT2D eigenvalue weighted by Gasteiger charge is -2.10. The lowest BCUT2D eigenvalue weighted by atomic mass is 10.0. The summed E-state index contributed by atoms with van der Waals surface area (Å²) in [5.41, 5.74) is 2.14. The number of benzene rings is 2. The number of anilines is 2. The molecule has 2 amide bonds. The zero-order chi connectivity index (χ0) is 20.8. The number of hydrogen-bond donors (Lipinski definition) is 3. The van der Waals surface area contributed by atoms with Crippen molar-refractivity contribution in [1.29, 1.82) is 0 Å². The summed E-state index contributed by atoms with van der Waals surface area (Å²) >= 11 is 0. The average Bonchev–Trinajstić information content (AvgIpc) is 3.53. The first kappa shape index (κ1) is 20.4. The van der Waals surface area contributed by atoms with E-state index in [2.05, 4.69) is 10.6 Å². The van der Waals surface area contributed by atoms with E-state index in [1.54, 1.807) is 55.5 Å². The maximum Gasteiger partial charge on any atom is 0.306 e. The van der Waals surface area contributed by atoms with Crippen LogP contribution >= 0.6 is 0 Å². The van der Waals surface area contributed by atoms with Crippen LogP contribution in [0.4, 0.5) is 11.4 Å². The minimum atomic E-state index is -0.837. The van der Waals surface area contributed by atoms with Crippen LogP contribution in [-0.2, 0) is 20.8 Å². The number of nitrogens with one attached hydrogen (secondary N) is 2. The molecule has 3 N–H and O–H groups in total. The Labute approximate surface area is 169 Å². The first-order valence-corrected chi connectivity index (χ1v) is 9.56. The van der Waals surface area contributed by atoms with E-state index < -0.39 is 11.9 Å². The van der Waals surface area contributed by atoms with Crippen LogP contribution in [0.5, 0.6) is 5.75 Å². The number of amides is 2. The highest BCUT2D eigenvalue weighted by Gasteiger charge is 2.29. The molecule has 0 aliphatic heterocycles. The molecule has 0 heterocycles. The Hall–Kier alpha value is -3.35. The lowest BCUT2D eigenvalue weighted by molar-refractivity contribution is -0.141. The van der Waals surface area contributed by atoms with Crippen molar-refractivity contribution >= 4 is 29.2 Å². The van der Waals surface area contributed by atoms with Gasteiger partial charge in [-0.25, -0.2) is 0 Å². The van der Waals surface area contributed by atoms with E-state index in [1.165, 1.54) is 0 Å². The van der Waals surface area contributed by atoms with E-state index >= 15 is 0 Å². The Morgan fingerprint density at radius 2 is 1.79 bits per heavy atom. The molecule has 1 saturated carbocycles. The van der Waals surface area contributed by atoms with E-state index in [1.807, 2.05) is 0 Å². The number of aliphatic carboxylic acids is 1. The molecule has 1 unspecified atom stereocenters. The summed E-state index contributed by atoms with van der Waals surface area (Å²) in [5.74, 6) is -0.995. The summed E-state index contributed by atoms with van der Waals surface area (Å²) in [5, 5.41) is 14.5. The molecular formula is C22H24N2O5. The zero-order valence-electron chi connectivity index (χ0n) is 16.2. The molecule has 0 aromatic heterocycles.